The highest BCUT2D eigenvalue weighted by molar-refractivity contribution is 7.09. The van der Waals surface area contributed by atoms with Crippen LogP contribution in [0.15, 0.2) is 23.6 Å². The Kier molecular flexibility index (Phi) is 3.82. The maximum absolute atomic E-state index is 10.1. The smallest absolute Gasteiger partial charge is 0.0897 e. The van der Waals surface area contributed by atoms with E-state index in [2.05, 4.69) is 4.98 Å². The van der Waals surface area contributed by atoms with Crippen molar-refractivity contribution in [3.63, 3.8) is 0 Å². The van der Waals surface area contributed by atoms with Crippen LogP contribution in [0, 0.1) is 13.8 Å². The quantitative estimate of drug-likeness (QED) is 0.920. The molecule has 4 heteroatoms. The van der Waals surface area contributed by atoms with Gasteiger partial charge in [-0.15, -0.1) is 11.3 Å². The lowest BCUT2D eigenvalue weighted by Gasteiger charge is -2.10. The first-order valence-electron chi connectivity index (χ1n) is 5.41. The standard InChI is InChI=1S/C13H14ClNOS/c1-8-5-10(3-4-12(8)14)13(16)6-11-7-17-9(2)15-11/h3-5,7,13,16H,6H2,1-2H3. The molecule has 1 N–H and O–H groups in total. The summed E-state index contributed by atoms with van der Waals surface area (Å²) in [4.78, 5) is 4.35. The van der Waals surface area contributed by atoms with E-state index in [0.717, 1.165) is 26.9 Å². The topological polar surface area (TPSA) is 33.1 Å². The van der Waals surface area contributed by atoms with E-state index in [0.29, 0.717) is 6.42 Å². The zero-order valence-corrected chi connectivity index (χ0v) is 11.3. The lowest BCUT2D eigenvalue weighted by Crippen LogP contribution is -2.02. The highest BCUT2D eigenvalue weighted by Gasteiger charge is 2.11. The second kappa shape index (κ2) is 5.17. The van der Waals surface area contributed by atoms with Crippen LogP contribution in [0.25, 0.3) is 0 Å². The predicted molar refractivity (Wildman–Crippen MR) is 71.7 cm³/mol. The van der Waals surface area contributed by atoms with Gasteiger partial charge in [-0.2, -0.15) is 0 Å². The highest BCUT2D eigenvalue weighted by Crippen LogP contribution is 2.23. The monoisotopic (exact) mass is 267 g/mol. The number of benzene rings is 1. The zero-order valence-electron chi connectivity index (χ0n) is 9.77. The van der Waals surface area contributed by atoms with E-state index in [1.807, 2.05) is 37.4 Å². The fraction of sp³-hybridized carbons (Fsp3) is 0.308. The number of aliphatic hydroxyl groups is 1. The molecule has 0 saturated carbocycles. The van der Waals surface area contributed by atoms with Gasteiger partial charge in [-0.3, -0.25) is 0 Å². The van der Waals surface area contributed by atoms with Crippen LogP contribution in [0.5, 0.6) is 0 Å². The van der Waals surface area contributed by atoms with Crippen LogP contribution < -0.4 is 0 Å². The highest BCUT2D eigenvalue weighted by atomic mass is 35.5. The molecular weight excluding hydrogens is 254 g/mol. The fourth-order valence-corrected chi connectivity index (χ4v) is 2.44. The SMILES string of the molecule is Cc1nc(CC(O)c2ccc(Cl)c(C)c2)cs1. The average Bonchev–Trinajstić information content (AvgIpc) is 2.68. The normalized spacial score (nSPS) is 12.7. The minimum absolute atomic E-state index is 0.521. The van der Waals surface area contributed by atoms with Crippen LogP contribution in [0.3, 0.4) is 0 Å². The molecule has 0 radical (unpaired) electrons. The van der Waals surface area contributed by atoms with Crippen molar-refractivity contribution >= 4 is 22.9 Å². The molecular formula is C13H14ClNOS. The van der Waals surface area contributed by atoms with Gasteiger partial charge in [0, 0.05) is 16.8 Å². The van der Waals surface area contributed by atoms with E-state index in [-0.39, 0.29) is 0 Å². The van der Waals surface area contributed by atoms with E-state index in [1.165, 1.54) is 0 Å². The first-order valence-corrected chi connectivity index (χ1v) is 6.67. The first kappa shape index (κ1) is 12.6. The Labute approximate surface area is 110 Å². The molecule has 0 aliphatic carbocycles. The van der Waals surface area contributed by atoms with Gasteiger partial charge in [0.1, 0.15) is 0 Å². The van der Waals surface area contributed by atoms with E-state index >= 15 is 0 Å². The average molecular weight is 268 g/mol. The molecule has 2 aromatic rings. The van der Waals surface area contributed by atoms with Gasteiger partial charge in [-0.1, -0.05) is 23.7 Å². The predicted octanol–water partition coefficient (Wildman–Crippen LogP) is 3.69. The van der Waals surface area contributed by atoms with Crippen molar-refractivity contribution in [2.75, 3.05) is 0 Å². The number of thiazole rings is 1. The maximum atomic E-state index is 10.1. The molecule has 0 fully saturated rings. The van der Waals surface area contributed by atoms with Gasteiger partial charge in [0.25, 0.3) is 0 Å². The van der Waals surface area contributed by atoms with Crippen molar-refractivity contribution in [2.24, 2.45) is 0 Å². The van der Waals surface area contributed by atoms with Gasteiger partial charge >= 0.3 is 0 Å². The third-order valence-corrected chi connectivity index (χ3v) is 3.88. The molecule has 0 spiro atoms. The largest absolute Gasteiger partial charge is 0.388 e. The van der Waals surface area contributed by atoms with Crippen molar-refractivity contribution < 1.29 is 5.11 Å². The summed E-state index contributed by atoms with van der Waals surface area (Å²) in [5.74, 6) is 0. The summed E-state index contributed by atoms with van der Waals surface area (Å²) in [6.07, 6.45) is 0.0262. The third-order valence-electron chi connectivity index (χ3n) is 2.64. The van der Waals surface area contributed by atoms with Crippen LogP contribution in [-0.4, -0.2) is 10.1 Å². The van der Waals surface area contributed by atoms with Gasteiger partial charge in [-0.25, -0.2) is 4.98 Å². The Bertz CT molecular complexity index is 524. The number of aryl methyl sites for hydroxylation is 2. The third kappa shape index (κ3) is 3.06. The van der Waals surface area contributed by atoms with Crippen LogP contribution in [0.2, 0.25) is 5.02 Å². The van der Waals surface area contributed by atoms with Crippen molar-refractivity contribution in [2.45, 2.75) is 26.4 Å². The number of halogens is 1. The molecule has 1 heterocycles. The van der Waals surface area contributed by atoms with Crippen LogP contribution in [0.1, 0.15) is 27.9 Å². The van der Waals surface area contributed by atoms with Gasteiger partial charge < -0.3 is 5.11 Å². The molecule has 1 aromatic carbocycles. The summed E-state index contributed by atoms with van der Waals surface area (Å²) in [5, 5.41) is 13.9. The Morgan fingerprint density at radius 3 is 2.76 bits per heavy atom. The van der Waals surface area contributed by atoms with Gasteiger partial charge in [0.05, 0.1) is 16.8 Å². The molecule has 1 aromatic heterocycles. The molecule has 1 unspecified atom stereocenters. The van der Waals surface area contributed by atoms with Crippen molar-refractivity contribution in [1.82, 2.24) is 4.98 Å². The fourth-order valence-electron chi connectivity index (χ4n) is 1.69. The number of nitrogens with zero attached hydrogens (tertiary/aromatic N) is 1. The maximum Gasteiger partial charge on any atom is 0.0897 e. The summed E-state index contributed by atoms with van der Waals surface area (Å²) in [6.45, 7) is 3.90. The van der Waals surface area contributed by atoms with Crippen molar-refractivity contribution in [1.29, 1.82) is 0 Å². The van der Waals surface area contributed by atoms with E-state index in [4.69, 9.17) is 11.6 Å². The number of aliphatic hydroxyl groups excluding tert-OH is 1. The number of hydrogen-bond donors (Lipinski definition) is 1. The summed E-state index contributed by atoms with van der Waals surface area (Å²) >= 11 is 7.56. The molecule has 1 atom stereocenters. The van der Waals surface area contributed by atoms with E-state index in [9.17, 15) is 5.11 Å². The molecule has 2 nitrogen and oxygen atoms in total. The van der Waals surface area contributed by atoms with E-state index < -0.39 is 6.10 Å². The second-order valence-electron chi connectivity index (χ2n) is 4.09. The minimum Gasteiger partial charge on any atom is -0.388 e. The van der Waals surface area contributed by atoms with Crippen LogP contribution >= 0.6 is 22.9 Å². The second-order valence-corrected chi connectivity index (χ2v) is 5.56. The minimum atomic E-state index is -0.521. The van der Waals surface area contributed by atoms with Crippen LogP contribution in [0.4, 0.5) is 0 Å². The van der Waals surface area contributed by atoms with Crippen LogP contribution in [-0.2, 0) is 6.42 Å². The summed E-state index contributed by atoms with van der Waals surface area (Å²) < 4.78 is 0. The molecule has 0 amide bonds. The molecule has 0 aliphatic rings. The number of hydrogen-bond acceptors (Lipinski definition) is 3. The molecule has 2 rings (SSSR count). The summed E-state index contributed by atoms with van der Waals surface area (Å²) in [6, 6.07) is 5.60. The number of aromatic nitrogens is 1. The Morgan fingerprint density at radius 2 is 2.18 bits per heavy atom. The zero-order chi connectivity index (χ0) is 12.4. The lowest BCUT2D eigenvalue weighted by atomic mass is 10.0. The summed E-state index contributed by atoms with van der Waals surface area (Å²) in [5.41, 5.74) is 2.81. The molecule has 0 bridgehead atoms. The van der Waals surface area contributed by atoms with Crippen molar-refractivity contribution in [3.05, 3.63) is 50.4 Å². The molecule has 90 valence electrons. The lowest BCUT2D eigenvalue weighted by molar-refractivity contribution is 0.177. The summed E-state index contributed by atoms with van der Waals surface area (Å²) in [7, 11) is 0. The Hall–Kier alpha value is -0.900. The van der Waals surface area contributed by atoms with Gasteiger partial charge in [0.15, 0.2) is 0 Å². The molecule has 0 aliphatic heterocycles. The van der Waals surface area contributed by atoms with E-state index in [1.54, 1.807) is 11.3 Å². The Balaban J connectivity index is 2.14. The number of rotatable bonds is 3. The van der Waals surface area contributed by atoms with Gasteiger partial charge in [-0.05, 0) is 31.0 Å². The molecule has 0 saturated heterocycles. The van der Waals surface area contributed by atoms with Gasteiger partial charge in [0.2, 0.25) is 0 Å². The first-order chi connectivity index (χ1) is 8.06. The molecule has 17 heavy (non-hydrogen) atoms. The Morgan fingerprint density at radius 1 is 1.41 bits per heavy atom. The van der Waals surface area contributed by atoms with Crippen molar-refractivity contribution in [3.8, 4) is 0 Å².